The Morgan fingerprint density at radius 1 is 1.03 bits per heavy atom. The van der Waals surface area contributed by atoms with Crippen molar-refractivity contribution in [1.82, 2.24) is 4.98 Å². The lowest BCUT2D eigenvalue weighted by Crippen LogP contribution is -2.11. The van der Waals surface area contributed by atoms with Crippen LogP contribution in [0.25, 0.3) is 17.0 Å². The van der Waals surface area contributed by atoms with Gasteiger partial charge in [-0.3, -0.25) is 9.78 Å². The van der Waals surface area contributed by atoms with E-state index in [0.717, 1.165) is 75.1 Å². The standard InChI is InChI=1S/C29H26BrN3O2/c1-35-27-9-5-4-8-26(27)33-29-22-6-2-3-7-24(22)32-25-16-15-21(18-23(25)29)31-28(34)17-12-19-10-13-20(30)14-11-19/h4-5,8-18H,2-3,6-7H2,1H3,(H,31,34)(H,32,33). The van der Waals surface area contributed by atoms with Crippen molar-refractivity contribution in [2.75, 3.05) is 17.7 Å². The van der Waals surface area contributed by atoms with Crippen molar-refractivity contribution < 1.29 is 9.53 Å². The number of ether oxygens (including phenoxy) is 1. The van der Waals surface area contributed by atoms with Crippen LogP contribution in [0.1, 0.15) is 29.7 Å². The van der Waals surface area contributed by atoms with Crippen molar-refractivity contribution >= 4 is 55.9 Å². The van der Waals surface area contributed by atoms with E-state index < -0.39 is 0 Å². The molecule has 0 saturated heterocycles. The average Bonchev–Trinajstić information content (AvgIpc) is 2.89. The van der Waals surface area contributed by atoms with Gasteiger partial charge < -0.3 is 15.4 Å². The lowest BCUT2D eigenvalue weighted by Gasteiger charge is -2.22. The molecule has 1 heterocycles. The number of hydrogen-bond acceptors (Lipinski definition) is 4. The highest BCUT2D eigenvalue weighted by Gasteiger charge is 2.19. The summed E-state index contributed by atoms with van der Waals surface area (Å²) < 4.78 is 6.58. The zero-order valence-electron chi connectivity index (χ0n) is 19.5. The third-order valence-corrected chi connectivity index (χ3v) is 6.72. The molecule has 0 radical (unpaired) electrons. The first-order valence-corrected chi connectivity index (χ1v) is 12.5. The highest BCUT2D eigenvalue weighted by Crippen LogP contribution is 2.38. The fraction of sp³-hybridized carbons (Fsp3) is 0.172. The summed E-state index contributed by atoms with van der Waals surface area (Å²) in [7, 11) is 1.68. The molecule has 4 aromatic rings. The molecule has 3 aromatic carbocycles. The lowest BCUT2D eigenvalue weighted by atomic mass is 9.92. The summed E-state index contributed by atoms with van der Waals surface area (Å²) in [6.07, 6.45) is 7.59. The van der Waals surface area contributed by atoms with Crippen LogP contribution >= 0.6 is 15.9 Å². The van der Waals surface area contributed by atoms with E-state index in [1.54, 1.807) is 19.3 Å². The van der Waals surface area contributed by atoms with Crippen molar-refractivity contribution in [3.63, 3.8) is 0 Å². The van der Waals surface area contributed by atoms with Gasteiger partial charge in [0.2, 0.25) is 5.91 Å². The van der Waals surface area contributed by atoms with Gasteiger partial charge in [0.1, 0.15) is 5.75 Å². The van der Waals surface area contributed by atoms with Crippen molar-refractivity contribution in [2.45, 2.75) is 25.7 Å². The molecule has 5 nitrogen and oxygen atoms in total. The number of carbonyl (C=O) groups excluding carboxylic acids is 1. The van der Waals surface area contributed by atoms with Crippen molar-refractivity contribution in [2.24, 2.45) is 0 Å². The Morgan fingerprint density at radius 3 is 2.66 bits per heavy atom. The molecule has 0 saturated carbocycles. The topological polar surface area (TPSA) is 63.2 Å². The molecule has 0 fully saturated rings. The van der Waals surface area contributed by atoms with Gasteiger partial charge in [-0.1, -0.05) is 40.2 Å². The molecule has 35 heavy (non-hydrogen) atoms. The number of pyridine rings is 1. The molecule has 0 unspecified atom stereocenters. The number of methoxy groups -OCH3 is 1. The summed E-state index contributed by atoms with van der Waals surface area (Å²) in [5, 5.41) is 7.60. The summed E-state index contributed by atoms with van der Waals surface area (Å²) >= 11 is 3.43. The van der Waals surface area contributed by atoms with Crippen LogP contribution in [0.4, 0.5) is 17.1 Å². The zero-order valence-corrected chi connectivity index (χ0v) is 21.1. The van der Waals surface area contributed by atoms with Gasteiger partial charge in [0.25, 0.3) is 0 Å². The van der Waals surface area contributed by atoms with Crippen molar-refractivity contribution in [1.29, 1.82) is 0 Å². The van der Waals surface area contributed by atoms with Gasteiger partial charge in [-0.25, -0.2) is 0 Å². The van der Waals surface area contributed by atoms with Crippen LogP contribution in [0.15, 0.2) is 77.3 Å². The number of halogens is 1. The summed E-state index contributed by atoms with van der Waals surface area (Å²) in [6.45, 7) is 0. The average molecular weight is 528 g/mol. The fourth-order valence-electron chi connectivity index (χ4n) is 4.46. The van der Waals surface area contributed by atoms with Gasteiger partial charge in [-0.15, -0.1) is 0 Å². The van der Waals surface area contributed by atoms with Crippen LogP contribution < -0.4 is 15.4 Å². The number of aryl methyl sites for hydroxylation is 1. The summed E-state index contributed by atoms with van der Waals surface area (Å²) in [6, 6.07) is 21.6. The number of nitrogens with one attached hydrogen (secondary N) is 2. The molecule has 1 aliphatic rings. The smallest absolute Gasteiger partial charge is 0.248 e. The SMILES string of the molecule is COc1ccccc1Nc1c2c(nc3ccc(NC(=O)C=Cc4ccc(Br)cc4)cc13)CCCC2. The molecule has 0 spiro atoms. The molecule has 176 valence electrons. The number of aromatic nitrogens is 1. The van der Waals surface area contributed by atoms with E-state index in [2.05, 4.69) is 26.6 Å². The van der Waals surface area contributed by atoms with Crippen molar-refractivity contribution in [3.05, 3.63) is 94.1 Å². The maximum Gasteiger partial charge on any atom is 0.248 e. The third kappa shape index (κ3) is 5.23. The predicted octanol–water partition coefficient (Wildman–Crippen LogP) is 7.28. The van der Waals surface area contributed by atoms with Gasteiger partial charge in [0, 0.05) is 27.3 Å². The number of anilines is 3. The molecular formula is C29H26BrN3O2. The Balaban J connectivity index is 1.49. The van der Waals surface area contributed by atoms with E-state index in [4.69, 9.17) is 9.72 Å². The second-order valence-electron chi connectivity index (χ2n) is 8.55. The quantitative estimate of drug-likeness (QED) is 0.258. The van der Waals surface area contributed by atoms with Gasteiger partial charge in [-0.2, -0.15) is 0 Å². The van der Waals surface area contributed by atoms with E-state index in [1.165, 1.54) is 5.56 Å². The second-order valence-corrected chi connectivity index (χ2v) is 9.47. The number of benzene rings is 3. The predicted molar refractivity (Wildman–Crippen MR) is 146 cm³/mol. The molecule has 5 rings (SSSR count). The molecule has 0 aliphatic heterocycles. The fourth-order valence-corrected chi connectivity index (χ4v) is 4.72. The Morgan fingerprint density at radius 2 is 1.83 bits per heavy atom. The molecule has 2 N–H and O–H groups in total. The van der Waals surface area contributed by atoms with Crippen LogP contribution in [0.2, 0.25) is 0 Å². The highest BCUT2D eigenvalue weighted by atomic mass is 79.9. The normalized spacial score (nSPS) is 13.0. The second kappa shape index (κ2) is 10.3. The van der Waals surface area contributed by atoms with Crippen LogP contribution in [0, 0.1) is 0 Å². The minimum Gasteiger partial charge on any atom is -0.495 e. The molecular weight excluding hydrogens is 502 g/mol. The Bertz CT molecular complexity index is 1410. The van der Waals surface area contributed by atoms with E-state index in [0.29, 0.717) is 0 Å². The maximum atomic E-state index is 12.6. The number of fused-ring (bicyclic) bond motifs is 2. The first-order valence-electron chi connectivity index (χ1n) is 11.7. The first kappa shape index (κ1) is 23.1. The highest BCUT2D eigenvalue weighted by molar-refractivity contribution is 9.10. The molecule has 1 aliphatic carbocycles. The number of rotatable bonds is 6. The lowest BCUT2D eigenvalue weighted by molar-refractivity contribution is -0.111. The van der Waals surface area contributed by atoms with Gasteiger partial charge >= 0.3 is 0 Å². The number of carbonyl (C=O) groups is 1. The number of nitrogens with zero attached hydrogens (tertiary/aromatic N) is 1. The number of hydrogen-bond donors (Lipinski definition) is 2. The van der Waals surface area contributed by atoms with Gasteiger partial charge in [0.15, 0.2) is 0 Å². The van der Waals surface area contributed by atoms with Crippen LogP contribution in [0.3, 0.4) is 0 Å². The Hall–Kier alpha value is -3.64. The van der Waals surface area contributed by atoms with E-state index in [1.807, 2.05) is 66.7 Å². The van der Waals surface area contributed by atoms with E-state index in [-0.39, 0.29) is 5.91 Å². The molecule has 1 aromatic heterocycles. The van der Waals surface area contributed by atoms with Gasteiger partial charge in [0.05, 0.1) is 24.0 Å². The Labute approximate surface area is 213 Å². The number of para-hydroxylation sites is 2. The monoisotopic (exact) mass is 527 g/mol. The van der Waals surface area contributed by atoms with Crippen molar-refractivity contribution in [3.8, 4) is 5.75 Å². The zero-order chi connectivity index (χ0) is 24.2. The van der Waals surface area contributed by atoms with Crippen LogP contribution in [0.5, 0.6) is 5.75 Å². The largest absolute Gasteiger partial charge is 0.495 e. The summed E-state index contributed by atoms with van der Waals surface area (Å²) in [4.78, 5) is 17.6. The molecule has 0 atom stereocenters. The van der Waals surface area contributed by atoms with E-state index in [9.17, 15) is 4.79 Å². The molecule has 1 amide bonds. The molecule has 0 bridgehead atoms. The summed E-state index contributed by atoms with van der Waals surface area (Å²) in [5.74, 6) is 0.599. The van der Waals surface area contributed by atoms with Crippen LogP contribution in [-0.4, -0.2) is 18.0 Å². The Kier molecular flexibility index (Phi) is 6.82. The summed E-state index contributed by atoms with van der Waals surface area (Å²) in [5.41, 5.74) is 6.93. The van der Waals surface area contributed by atoms with Gasteiger partial charge in [-0.05, 0) is 85.4 Å². The minimum atomic E-state index is -0.183. The number of amides is 1. The van der Waals surface area contributed by atoms with E-state index >= 15 is 0 Å². The third-order valence-electron chi connectivity index (χ3n) is 6.19. The molecule has 6 heteroatoms. The maximum absolute atomic E-state index is 12.6. The van der Waals surface area contributed by atoms with Crippen LogP contribution in [-0.2, 0) is 17.6 Å². The minimum absolute atomic E-state index is 0.183. The first-order chi connectivity index (χ1) is 17.1.